The molecule has 1 aromatic rings. The third-order valence-electron chi connectivity index (χ3n) is 4.10. The minimum Gasteiger partial charge on any atom is -0.379 e. The summed E-state index contributed by atoms with van der Waals surface area (Å²) in [7, 11) is 1.88. The van der Waals surface area contributed by atoms with Crippen molar-refractivity contribution in [3.05, 3.63) is 35.4 Å². The number of ether oxygens (including phenoxy) is 1. The maximum absolute atomic E-state index is 12.6. The number of carbonyl (C=O) groups excluding carboxylic acids is 1. The number of hydrogen-bond donors (Lipinski definition) is 1. The molecule has 0 aromatic heterocycles. The summed E-state index contributed by atoms with van der Waals surface area (Å²) in [4.78, 5) is 14.5. The van der Waals surface area contributed by atoms with E-state index in [2.05, 4.69) is 31.3 Å². The summed E-state index contributed by atoms with van der Waals surface area (Å²) in [5, 5.41) is 3.42. The Kier molecular flexibility index (Phi) is 5.76. The van der Waals surface area contributed by atoms with Gasteiger partial charge < -0.3 is 15.0 Å². The third-order valence-corrected chi connectivity index (χ3v) is 4.10. The molecule has 0 aliphatic carbocycles. The Balaban J connectivity index is 1.97. The second-order valence-corrected chi connectivity index (χ2v) is 5.83. The molecule has 1 aromatic carbocycles. The van der Waals surface area contributed by atoms with Gasteiger partial charge in [0.1, 0.15) is 0 Å². The first kappa shape index (κ1) is 16.0. The molecule has 4 heteroatoms. The number of nitrogens with zero attached hydrogens (tertiary/aromatic N) is 1. The van der Waals surface area contributed by atoms with E-state index in [1.54, 1.807) is 0 Å². The number of amides is 1. The van der Waals surface area contributed by atoms with Gasteiger partial charge in [-0.3, -0.25) is 4.79 Å². The molecule has 2 rings (SSSR count). The second kappa shape index (κ2) is 7.57. The lowest BCUT2D eigenvalue weighted by molar-refractivity contribution is -0.135. The van der Waals surface area contributed by atoms with Gasteiger partial charge in [-0.15, -0.1) is 0 Å². The summed E-state index contributed by atoms with van der Waals surface area (Å²) in [6, 6.07) is 8.35. The van der Waals surface area contributed by atoms with Crippen molar-refractivity contribution in [2.45, 2.75) is 32.9 Å². The number of hydrogen-bond acceptors (Lipinski definition) is 3. The van der Waals surface area contributed by atoms with Gasteiger partial charge in [-0.25, -0.2) is 0 Å². The first-order valence-electron chi connectivity index (χ1n) is 7.74. The van der Waals surface area contributed by atoms with Crippen molar-refractivity contribution in [3.63, 3.8) is 0 Å². The molecule has 4 nitrogen and oxygen atoms in total. The molecule has 1 aliphatic heterocycles. The molecular weight excluding hydrogens is 264 g/mol. The first-order chi connectivity index (χ1) is 10.1. The molecule has 1 saturated heterocycles. The highest BCUT2D eigenvalue weighted by Gasteiger charge is 2.35. The van der Waals surface area contributed by atoms with Crippen LogP contribution in [0.4, 0.5) is 0 Å². The molecule has 21 heavy (non-hydrogen) atoms. The van der Waals surface area contributed by atoms with E-state index in [1.165, 1.54) is 11.1 Å². The zero-order chi connectivity index (χ0) is 15.2. The number of carbonyl (C=O) groups is 1. The van der Waals surface area contributed by atoms with Crippen molar-refractivity contribution in [1.82, 2.24) is 10.2 Å². The second-order valence-electron chi connectivity index (χ2n) is 5.83. The summed E-state index contributed by atoms with van der Waals surface area (Å²) in [5.74, 6) is 0.106. The van der Waals surface area contributed by atoms with Crippen molar-refractivity contribution >= 4 is 5.91 Å². The highest BCUT2D eigenvalue weighted by molar-refractivity contribution is 5.79. The van der Waals surface area contributed by atoms with Gasteiger partial charge in [0.05, 0.1) is 19.1 Å². The summed E-state index contributed by atoms with van der Waals surface area (Å²) in [6.45, 7) is 6.95. The van der Waals surface area contributed by atoms with Crippen molar-refractivity contribution < 1.29 is 9.53 Å². The van der Waals surface area contributed by atoms with Crippen LogP contribution in [0, 0.1) is 12.8 Å². The molecule has 2 unspecified atom stereocenters. The maximum atomic E-state index is 12.6. The van der Waals surface area contributed by atoms with Gasteiger partial charge in [0.2, 0.25) is 5.91 Å². The number of benzene rings is 1. The van der Waals surface area contributed by atoms with Gasteiger partial charge in [0, 0.05) is 19.6 Å². The fourth-order valence-electron chi connectivity index (χ4n) is 2.73. The van der Waals surface area contributed by atoms with Gasteiger partial charge in [-0.2, -0.15) is 0 Å². The Morgan fingerprint density at radius 3 is 2.86 bits per heavy atom. The zero-order valence-corrected chi connectivity index (χ0v) is 13.3. The average Bonchev–Trinajstić information content (AvgIpc) is 2.95. The topological polar surface area (TPSA) is 41.6 Å². The Morgan fingerprint density at radius 1 is 1.38 bits per heavy atom. The van der Waals surface area contributed by atoms with Crippen LogP contribution in [0.3, 0.4) is 0 Å². The minimum absolute atomic E-state index is 0.0643. The van der Waals surface area contributed by atoms with Gasteiger partial charge in [0.25, 0.3) is 0 Å². The highest BCUT2D eigenvalue weighted by atomic mass is 16.5. The average molecular weight is 290 g/mol. The van der Waals surface area contributed by atoms with E-state index < -0.39 is 0 Å². The minimum atomic E-state index is -0.0643. The van der Waals surface area contributed by atoms with Crippen LogP contribution in [0.15, 0.2) is 24.3 Å². The van der Waals surface area contributed by atoms with Gasteiger partial charge >= 0.3 is 0 Å². The summed E-state index contributed by atoms with van der Waals surface area (Å²) >= 11 is 0. The van der Waals surface area contributed by atoms with Crippen molar-refractivity contribution in [3.8, 4) is 0 Å². The monoisotopic (exact) mass is 290 g/mol. The van der Waals surface area contributed by atoms with Crippen LogP contribution in [0.5, 0.6) is 0 Å². The van der Waals surface area contributed by atoms with Crippen LogP contribution in [-0.4, -0.2) is 43.7 Å². The highest BCUT2D eigenvalue weighted by Crippen LogP contribution is 2.18. The van der Waals surface area contributed by atoms with Crippen LogP contribution in [0.2, 0.25) is 0 Å². The van der Waals surface area contributed by atoms with E-state index in [4.69, 9.17) is 4.74 Å². The number of aryl methyl sites for hydroxylation is 1. The molecule has 0 saturated carbocycles. The fraction of sp³-hybridized carbons (Fsp3) is 0.588. The Morgan fingerprint density at radius 2 is 2.14 bits per heavy atom. The Bertz CT molecular complexity index is 476. The third kappa shape index (κ3) is 4.05. The lowest BCUT2D eigenvalue weighted by atomic mass is 10.0. The van der Waals surface area contributed by atoms with Crippen molar-refractivity contribution in [2.75, 3.05) is 26.8 Å². The molecule has 0 radical (unpaired) electrons. The summed E-state index contributed by atoms with van der Waals surface area (Å²) in [6.07, 6.45) is 1.07. The maximum Gasteiger partial charge on any atom is 0.229 e. The zero-order valence-electron chi connectivity index (χ0n) is 13.3. The molecular formula is C17H26N2O2. The van der Waals surface area contributed by atoms with Gasteiger partial charge in [-0.1, -0.05) is 31.2 Å². The van der Waals surface area contributed by atoms with E-state index in [0.29, 0.717) is 19.8 Å². The van der Waals surface area contributed by atoms with E-state index in [9.17, 15) is 4.79 Å². The standard InChI is InChI=1S/C17H26N2O2/c1-4-9-18-16-12-21-11-15(16)17(20)19(3)10-14-8-6-5-7-13(14)2/h5-8,15-16,18H,4,9-12H2,1-3H3. The molecule has 0 bridgehead atoms. The summed E-state index contributed by atoms with van der Waals surface area (Å²) in [5.41, 5.74) is 2.42. The van der Waals surface area contributed by atoms with Crippen LogP contribution >= 0.6 is 0 Å². The molecule has 0 spiro atoms. The fourth-order valence-corrected chi connectivity index (χ4v) is 2.73. The van der Waals surface area contributed by atoms with Crippen LogP contribution in [0.1, 0.15) is 24.5 Å². The predicted octanol–water partition coefficient (Wildman–Crippen LogP) is 1.97. The van der Waals surface area contributed by atoms with E-state index in [-0.39, 0.29) is 17.9 Å². The normalized spacial score (nSPS) is 21.5. The number of nitrogens with one attached hydrogen (secondary N) is 1. The smallest absolute Gasteiger partial charge is 0.229 e. The quantitative estimate of drug-likeness (QED) is 0.871. The molecule has 2 atom stereocenters. The molecule has 1 N–H and O–H groups in total. The molecule has 116 valence electrons. The molecule has 1 aliphatic rings. The largest absolute Gasteiger partial charge is 0.379 e. The van der Waals surface area contributed by atoms with Crippen molar-refractivity contribution in [1.29, 1.82) is 0 Å². The Labute approximate surface area is 127 Å². The van der Waals surface area contributed by atoms with E-state index >= 15 is 0 Å². The van der Waals surface area contributed by atoms with Crippen LogP contribution < -0.4 is 5.32 Å². The van der Waals surface area contributed by atoms with Crippen LogP contribution in [0.25, 0.3) is 0 Å². The lowest BCUT2D eigenvalue weighted by Gasteiger charge is -2.25. The van der Waals surface area contributed by atoms with Gasteiger partial charge in [-0.05, 0) is 31.0 Å². The first-order valence-corrected chi connectivity index (χ1v) is 7.74. The number of rotatable bonds is 6. The summed E-state index contributed by atoms with van der Waals surface area (Å²) < 4.78 is 5.50. The van der Waals surface area contributed by atoms with Crippen LogP contribution in [-0.2, 0) is 16.1 Å². The van der Waals surface area contributed by atoms with Crippen molar-refractivity contribution in [2.24, 2.45) is 5.92 Å². The predicted molar refractivity (Wildman–Crippen MR) is 84.0 cm³/mol. The lowest BCUT2D eigenvalue weighted by Crippen LogP contribution is -2.44. The van der Waals surface area contributed by atoms with E-state index in [1.807, 2.05) is 24.1 Å². The van der Waals surface area contributed by atoms with Gasteiger partial charge in [0.15, 0.2) is 0 Å². The SMILES string of the molecule is CCCNC1COCC1C(=O)N(C)Cc1ccccc1C. The molecule has 1 amide bonds. The van der Waals surface area contributed by atoms with E-state index in [0.717, 1.165) is 13.0 Å². The molecule has 1 fully saturated rings. The Hall–Kier alpha value is -1.39. The molecule has 1 heterocycles.